The predicted octanol–water partition coefficient (Wildman–Crippen LogP) is 2.05. The van der Waals surface area contributed by atoms with Crippen molar-refractivity contribution in [3.05, 3.63) is 18.6 Å². The molecule has 2 radical (unpaired) electrons. The Balaban J connectivity index is 1.75. The summed E-state index contributed by atoms with van der Waals surface area (Å²) in [6, 6.07) is 0. The van der Waals surface area contributed by atoms with Gasteiger partial charge in [0.1, 0.15) is 0 Å². The van der Waals surface area contributed by atoms with Gasteiger partial charge >= 0.3 is 0 Å². The maximum Gasteiger partial charge on any atom is 0.0768 e. The topological polar surface area (TPSA) is 21.3 Å². The molecule has 0 aromatic heterocycles. The molecule has 0 amide bonds. The SMILES string of the molecule is COC1[C]C(CC2CC=CCC2)CNC1. The highest BCUT2D eigenvalue weighted by Crippen LogP contribution is 2.28. The van der Waals surface area contributed by atoms with Crippen molar-refractivity contribution in [2.45, 2.75) is 31.8 Å². The average molecular weight is 207 g/mol. The highest BCUT2D eigenvalue weighted by Gasteiger charge is 2.24. The zero-order chi connectivity index (χ0) is 10.5. The molecule has 3 atom stereocenters. The Morgan fingerprint density at radius 1 is 1.40 bits per heavy atom. The average Bonchev–Trinajstić information content (AvgIpc) is 2.31. The summed E-state index contributed by atoms with van der Waals surface area (Å²) in [6.07, 6.45) is 13.5. The molecule has 0 aromatic rings. The van der Waals surface area contributed by atoms with Gasteiger partial charge < -0.3 is 10.1 Å². The van der Waals surface area contributed by atoms with Gasteiger partial charge in [0.25, 0.3) is 0 Å². The lowest BCUT2D eigenvalue weighted by molar-refractivity contribution is 0.0984. The van der Waals surface area contributed by atoms with Gasteiger partial charge in [0, 0.05) is 20.1 Å². The molecule has 1 saturated heterocycles. The van der Waals surface area contributed by atoms with Crippen molar-refractivity contribution < 1.29 is 4.74 Å². The molecule has 1 N–H and O–H groups in total. The minimum absolute atomic E-state index is 0.197. The van der Waals surface area contributed by atoms with E-state index in [1.807, 2.05) is 0 Å². The molecule has 84 valence electrons. The fourth-order valence-corrected chi connectivity index (χ4v) is 2.54. The molecule has 3 unspecified atom stereocenters. The van der Waals surface area contributed by atoms with Crippen molar-refractivity contribution in [1.29, 1.82) is 0 Å². The van der Waals surface area contributed by atoms with Crippen LogP contribution in [0.3, 0.4) is 0 Å². The lowest BCUT2D eigenvalue weighted by atomic mass is 9.82. The van der Waals surface area contributed by atoms with Crippen molar-refractivity contribution in [3.8, 4) is 0 Å². The summed E-state index contributed by atoms with van der Waals surface area (Å²) < 4.78 is 5.32. The summed E-state index contributed by atoms with van der Waals surface area (Å²) in [5, 5.41) is 3.42. The molecule has 0 bridgehead atoms. The van der Waals surface area contributed by atoms with Crippen molar-refractivity contribution in [3.63, 3.8) is 0 Å². The molecular formula is C13H21NO. The van der Waals surface area contributed by atoms with E-state index in [9.17, 15) is 0 Å². The first-order valence-corrected chi connectivity index (χ1v) is 6.03. The highest BCUT2D eigenvalue weighted by atomic mass is 16.5. The van der Waals surface area contributed by atoms with Gasteiger partial charge in [-0.05, 0) is 44.1 Å². The van der Waals surface area contributed by atoms with Gasteiger partial charge in [-0.25, -0.2) is 0 Å². The molecule has 0 aromatic carbocycles. The summed E-state index contributed by atoms with van der Waals surface area (Å²) in [5.74, 6) is 1.45. The fraction of sp³-hybridized carbons (Fsp3) is 0.769. The van der Waals surface area contributed by atoms with Crippen LogP contribution in [-0.4, -0.2) is 26.3 Å². The van der Waals surface area contributed by atoms with Crippen molar-refractivity contribution in [2.75, 3.05) is 20.2 Å². The second-order valence-corrected chi connectivity index (χ2v) is 4.63. The molecule has 1 heterocycles. The molecule has 0 spiro atoms. The van der Waals surface area contributed by atoms with Crippen molar-refractivity contribution >= 4 is 0 Å². The standard InChI is InChI=1S/C13H21NO/c1-15-13-8-12(9-14-10-13)7-11-5-3-2-4-6-11/h2-3,11-14H,4-7,9-10H2,1H3. The van der Waals surface area contributed by atoms with Gasteiger partial charge in [0.2, 0.25) is 0 Å². The molecular weight excluding hydrogens is 186 g/mol. The highest BCUT2D eigenvalue weighted by molar-refractivity contribution is 4.96. The summed E-state index contributed by atoms with van der Waals surface area (Å²) in [5.41, 5.74) is 0. The van der Waals surface area contributed by atoms with Crippen LogP contribution >= 0.6 is 0 Å². The molecule has 1 aliphatic heterocycles. The summed E-state index contributed by atoms with van der Waals surface area (Å²) in [6.45, 7) is 2.01. The maximum absolute atomic E-state index is 5.32. The van der Waals surface area contributed by atoms with E-state index in [-0.39, 0.29) is 6.10 Å². The number of piperidine rings is 1. The van der Waals surface area contributed by atoms with E-state index in [1.165, 1.54) is 25.7 Å². The molecule has 2 heteroatoms. The van der Waals surface area contributed by atoms with Gasteiger partial charge in [0.05, 0.1) is 6.10 Å². The normalized spacial score (nSPS) is 36.7. The monoisotopic (exact) mass is 207 g/mol. The Morgan fingerprint density at radius 2 is 2.33 bits per heavy atom. The Labute approximate surface area is 93.1 Å². The third-order valence-electron chi connectivity index (χ3n) is 3.42. The van der Waals surface area contributed by atoms with E-state index < -0.39 is 0 Å². The third-order valence-corrected chi connectivity index (χ3v) is 3.42. The fourth-order valence-electron chi connectivity index (χ4n) is 2.54. The molecule has 2 aliphatic rings. The van der Waals surface area contributed by atoms with Crippen LogP contribution in [0.1, 0.15) is 25.7 Å². The zero-order valence-corrected chi connectivity index (χ0v) is 9.54. The first kappa shape index (κ1) is 11.2. The minimum atomic E-state index is 0.197. The van der Waals surface area contributed by atoms with E-state index in [1.54, 1.807) is 7.11 Å². The van der Waals surface area contributed by atoms with E-state index in [0.717, 1.165) is 19.0 Å². The molecule has 1 aliphatic carbocycles. The molecule has 2 nitrogen and oxygen atoms in total. The maximum atomic E-state index is 5.32. The van der Waals surface area contributed by atoms with Gasteiger partial charge in [-0.3, -0.25) is 0 Å². The molecule has 0 saturated carbocycles. The summed E-state index contributed by atoms with van der Waals surface area (Å²) in [7, 11) is 1.77. The first-order valence-electron chi connectivity index (χ1n) is 6.03. The zero-order valence-electron chi connectivity index (χ0n) is 9.54. The first-order chi connectivity index (χ1) is 7.38. The van der Waals surface area contributed by atoms with E-state index in [2.05, 4.69) is 23.9 Å². The molecule has 15 heavy (non-hydrogen) atoms. The quantitative estimate of drug-likeness (QED) is 0.715. The second kappa shape index (κ2) is 5.66. The van der Waals surface area contributed by atoms with Gasteiger partial charge in [-0.2, -0.15) is 0 Å². The minimum Gasteiger partial charge on any atom is -0.379 e. The van der Waals surface area contributed by atoms with E-state index in [4.69, 9.17) is 4.74 Å². The van der Waals surface area contributed by atoms with Crippen LogP contribution in [0, 0.1) is 18.3 Å². The number of allylic oxidation sites excluding steroid dienone is 2. The van der Waals surface area contributed by atoms with Gasteiger partial charge in [-0.15, -0.1) is 0 Å². The van der Waals surface area contributed by atoms with E-state index in [0.29, 0.717) is 5.92 Å². The van der Waals surface area contributed by atoms with Crippen molar-refractivity contribution in [2.24, 2.45) is 11.8 Å². The Hall–Kier alpha value is -0.340. The number of rotatable bonds is 3. The number of ether oxygens (including phenoxy) is 1. The second-order valence-electron chi connectivity index (χ2n) is 4.63. The van der Waals surface area contributed by atoms with Crippen LogP contribution in [0.4, 0.5) is 0 Å². The van der Waals surface area contributed by atoms with Crippen LogP contribution < -0.4 is 5.32 Å². The third kappa shape index (κ3) is 3.32. The van der Waals surface area contributed by atoms with Crippen LogP contribution in [0.5, 0.6) is 0 Å². The largest absolute Gasteiger partial charge is 0.379 e. The summed E-state index contributed by atoms with van der Waals surface area (Å²) in [4.78, 5) is 0. The number of hydrogen-bond acceptors (Lipinski definition) is 2. The number of methoxy groups -OCH3 is 1. The lowest BCUT2D eigenvalue weighted by Gasteiger charge is -2.31. The van der Waals surface area contributed by atoms with Crippen molar-refractivity contribution in [1.82, 2.24) is 5.32 Å². The Kier molecular flexibility index (Phi) is 4.21. The predicted molar refractivity (Wildman–Crippen MR) is 61.5 cm³/mol. The summed E-state index contributed by atoms with van der Waals surface area (Å²) >= 11 is 0. The molecule has 2 rings (SSSR count). The van der Waals surface area contributed by atoms with Crippen LogP contribution in [0.25, 0.3) is 0 Å². The van der Waals surface area contributed by atoms with E-state index >= 15 is 0 Å². The van der Waals surface area contributed by atoms with Crippen LogP contribution in [-0.2, 0) is 4.74 Å². The van der Waals surface area contributed by atoms with Crippen LogP contribution in [0.15, 0.2) is 12.2 Å². The number of hydrogen-bond donors (Lipinski definition) is 1. The van der Waals surface area contributed by atoms with Gasteiger partial charge in [0.15, 0.2) is 0 Å². The Morgan fingerprint density at radius 3 is 3.07 bits per heavy atom. The lowest BCUT2D eigenvalue weighted by Crippen LogP contribution is -2.41. The molecule has 1 fully saturated rings. The Bertz CT molecular complexity index is 215. The smallest absolute Gasteiger partial charge is 0.0768 e. The van der Waals surface area contributed by atoms with Gasteiger partial charge in [-0.1, -0.05) is 12.2 Å². The van der Waals surface area contributed by atoms with Crippen LogP contribution in [0.2, 0.25) is 0 Å². The number of nitrogens with one attached hydrogen (secondary N) is 1.